The molecular formula is C8H8ClN5O. The van der Waals surface area contributed by atoms with E-state index < -0.39 is 0 Å². The summed E-state index contributed by atoms with van der Waals surface area (Å²) in [5.41, 5.74) is 0.367. The third-order valence-corrected chi connectivity index (χ3v) is 2.11. The van der Waals surface area contributed by atoms with Gasteiger partial charge in [-0.15, -0.1) is 0 Å². The first-order chi connectivity index (χ1) is 7.16. The summed E-state index contributed by atoms with van der Waals surface area (Å²) in [6, 6.07) is 0. The average molecular weight is 226 g/mol. The van der Waals surface area contributed by atoms with E-state index in [2.05, 4.69) is 15.2 Å². The van der Waals surface area contributed by atoms with E-state index in [9.17, 15) is 4.79 Å². The predicted molar refractivity (Wildman–Crippen MR) is 53.6 cm³/mol. The van der Waals surface area contributed by atoms with Crippen LogP contribution in [-0.2, 0) is 13.6 Å². The maximum absolute atomic E-state index is 11.5. The fourth-order valence-corrected chi connectivity index (χ4v) is 1.34. The minimum absolute atomic E-state index is 0.0404. The second-order valence-corrected chi connectivity index (χ2v) is 3.33. The van der Waals surface area contributed by atoms with Crippen LogP contribution in [0.4, 0.5) is 0 Å². The van der Waals surface area contributed by atoms with Crippen molar-refractivity contribution >= 4 is 11.6 Å². The molecule has 6 nitrogen and oxygen atoms in total. The van der Waals surface area contributed by atoms with Gasteiger partial charge in [-0.2, -0.15) is 15.0 Å². The molecule has 0 amide bonds. The summed E-state index contributed by atoms with van der Waals surface area (Å²) < 4.78 is 1.43. The molecule has 0 saturated carbocycles. The van der Waals surface area contributed by atoms with Gasteiger partial charge in [0.15, 0.2) is 5.15 Å². The Morgan fingerprint density at radius 2 is 2.33 bits per heavy atom. The summed E-state index contributed by atoms with van der Waals surface area (Å²) in [5.74, 6) is 0. The lowest BCUT2D eigenvalue weighted by molar-refractivity contribution is 0.632. The van der Waals surface area contributed by atoms with E-state index in [1.807, 2.05) is 0 Å². The third kappa shape index (κ3) is 2.04. The predicted octanol–water partition coefficient (Wildman–Crippen LogP) is 0.0735. The van der Waals surface area contributed by atoms with Crippen LogP contribution in [0.2, 0.25) is 5.15 Å². The molecule has 0 spiro atoms. The van der Waals surface area contributed by atoms with Gasteiger partial charge in [0.2, 0.25) is 0 Å². The molecule has 0 aliphatic heterocycles. The normalized spacial score (nSPS) is 10.5. The highest BCUT2D eigenvalue weighted by Gasteiger charge is 2.04. The van der Waals surface area contributed by atoms with Crippen molar-refractivity contribution in [2.24, 2.45) is 7.05 Å². The Morgan fingerprint density at radius 1 is 1.53 bits per heavy atom. The Hall–Kier alpha value is -1.69. The van der Waals surface area contributed by atoms with E-state index in [0.717, 1.165) is 0 Å². The van der Waals surface area contributed by atoms with Crippen molar-refractivity contribution in [3.63, 3.8) is 0 Å². The number of hydrogen-bond donors (Lipinski definition) is 0. The van der Waals surface area contributed by atoms with Gasteiger partial charge in [0, 0.05) is 19.4 Å². The third-order valence-electron chi connectivity index (χ3n) is 1.85. The molecule has 2 aromatic heterocycles. The Bertz CT molecular complexity index is 532. The molecule has 0 aliphatic carbocycles. The number of nitrogens with zero attached hydrogens (tertiary/aromatic N) is 5. The number of rotatable bonds is 2. The lowest BCUT2D eigenvalue weighted by atomic mass is 10.4. The zero-order valence-corrected chi connectivity index (χ0v) is 8.72. The van der Waals surface area contributed by atoms with Gasteiger partial charge in [0.1, 0.15) is 5.69 Å². The van der Waals surface area contributed by atoms with Gasteiger partial charge in [-0.05, 0) is 0 Å². The molecule has 2 rings (SSSR count). The summed E-state index contributed by atoms with van der Waals surface area (Å²) in [7, 11) is 1.71. The molecule has 0 atom stereocenters. The molecule has 0 unspecified atom stereocenters. The highest BCUT2D eigenvalue weighted by atomic mass is 35.5. The van der Waals surface area contributed by atoms with E-state index in [1.54, 1.807) is 19.4 Å². The van der Waals surface area contributed by atoms with E-state index in [1.165, 1.54) is 15.6 Å². The van der Waals surface area contributed by atoms with Crippen molar-refractivity contribution in [2.45, 2.75) is 6.54 Å². The molecule has 0 aliphatic rings. The van der Waals surface area contributed by atoms with E-state index in [-0.39, 0.29) is 10.7 Å². The van der Waals surface area contributed by atoms with Crippen molar-refractivity contribution in [1.82, 2.24) is 24.5 Å². The van der Waals surface area contributed by atoms with Crippen LogP contribution in [0.25, 0.3) is 0 Å². The Kier molecular flexibility index (Phi) is 2.51. The summed E-state index contributed by atoms with van der Waals surface area (Å²) in [6.45, 7) is 0.342. The molecule has 15 heavy (non-hydrogen) atoms. The van der Waals surface area contributed by atoms with Crippen LogP contribution in [0.15, 0.2) is 23.4 Å². The first kappa shape index (κ1) is 9.85. The molecule has 0 radical (unpaired) electrons. The molecular weight excluding hydrogens is 218 g/mol. The first-order valence-electron chi connectivity index (χ1n) is 4.23. The van der Waals surface area contributed by atoms with Crippen LogP contribution in [0, 0.1) is 0 Å². The van der Waals surface area contributed by atoms with Gasteiger partial charge in [0.25, 0.3) is 5.56 Å². The second-order valence-electron chi connectivity index (χ2n) is 2.98. The standard InChI is InChI=1S/C8H8ClN5O/c1-13-11-4-6(12-13)5-14-3-2-10-7(9)8(14)15/h2-4H,5H2,1H3. The number of aryl methyl sites for hydroxylation is 1. The van der Waals surface area contributed by atoms with Gasteiger partial charge in [-0.3, -0.25) is 4.79 Å². The zero-order valence-electron chi connectivity index (χ0n) is 7.96. The van der Waals surface area contributed by atoms with E-state index in [0.29, 0.717) is 12.2 Å². The molecule has 0 fully saturated rings. The highest BCUT2D eigenvalue weighted by molar-refractivity contribution is 6.29. The molecule has 0 bridgehead atoms. The average Bonchev–Trinajstić information content (AvgIpc) is 2.59. The minimum atomic E-state index is -0.329. The van der Waals surface area contributed by atoms with Crippen LogP contribution in [-0.4, -0.2) is 24.5 Å². The van der Waals surface area contributed by atoms with Gasteiger partial charge in [0.05, 0.1) is 12.7 Å². The molecule has 7 heteroatoms. The molecule has 78 valence electrons. The largest absolute Gasteiger partial charge is 0.305 e. The first-order valence-corrected chi connectivity index (χ1v) is 4.61. The summed E-state index contributed by atoms with van der Waals surface area (Å²) in [4.78, 5) is 16.6. The molecule has 2 heterocycles. The van der Waals surface area contributed by atoms with Gasteiger partial charge < -0.3 is 4.57 Å². The lowest BCUT2D eigenvalue weighted by Crippen LogP contribution is -2.21. The van der Waals surface area contributed by atoms with Crippen molar-refractivity contribution < 1.29 is 0 Å². The SMILES string of the molecule is Cn1ncc(Cn2ccnc(Cl)c2=O)n1. The van der Waals surface area contributed by atoms with Crippen molar-refractivity contribution in [3.8, 4) is 0 Å². The summed E-state index contributed by atoms with van der Waals surface area (Å²) >= 11 is 5.60. The van der Waals surface area contributed by atoms with Crippen LogP contribution >= 0.6 is 11.6 Å². The van der Waals surface area contributed by atoms with Gasteiger partial charge >= 0.3 is 0 Å². The monoisotopic (exact) mass is 225 g/mol. The van der Waals surface area contributed by atoms with Crippen LogP contribution in [0.5, 0.6) is 0 Å². The topological polar surface area (TPSA) is 65.6 Å². The Balaban J connectivity index is 2.32. The van der Waals surface area contributed by atoms with Crippen molar-refractivity contribution in [2.75, 3.05) is 0 Å². The highest BCUT2D eigenvalue weighted by Crippen LogP contribution is 1.97. The van der Waals surface area contributed by atoms with Gasteiger partial charge in [-0.25, -0.2) is 4.98 Å². The molecule has 2 aromatic rings. The second kappa shape index (κ2) is 3.82. The lowest BCUT2D eigenvalue weighted by Gasteiger charge is -2.01. The summed E-state index contributed by atoms with van der Waals surface area (Å²) in [5, 5.41) is 7.93. The fourth-order valence-electron chi connectivity index (χ4n) is 1.18. The van der Waals surface area contributed by atoms with Crippen molar-refractivity contribution in [3.05, 3.63) is 39.8 Å². The fraction of sp³-hybridized carbons (Fsp3) is 0.250. The molecule has 0 N–H and O–H groups in total. The van der Waals surface area contributed by atoms with E-state index in [4.69, 9.17) is 11.6 Å². The Labute approximate surface area is 90.1 Å². The number of aromatic nitrogens is 5. The van der Waals surface area contributed by atoms with Crippen LogP contribution < -0.4 is 5.56 Å². The minimum Gasteiger partial charge on any atom is -0.305 e. The van der Waals surface area contributed by atoms with Gasteiger partial charge in [-0.1, -0.05) is 11.6 Å². The Morgan fingerprint density at radius 3 is 3.00 bits per heavy atom. The smallest absolute Gasteiger partial charge is 0.288 e. The number of halogens is 1. The maximum Gasteiger partial charge on any atom is 0.288 e. The van der Waals surface area contributed by atoms with Crippen LogP contribution in [0.1, 0.15) is 5.69 Å². The zero-order chi connectivity index (χ0) is 10.8. The molecule has 0 saturated heterocycles. The van der Waals surface area contributed by atoms with Crippen molar-refractivity contribution in [1.29, 1.82) is 0 Å². The quantitative estimate of drug-likeness (QED) is 0.726. The molecule has 0 aromatic carbocycles. The maximum atomic E-state index is 11.5. The summed E-state index contributed by atoms with van der Waals surface area (Å²) in [6.07, 6.45) is 4.63. The van der Waals surface area contributed by atoms with Crippen LogP contribution in [0.3, 0.4) is 0 Å². The van der Waals surface area contributed by atoms with E-state index >= 15 is 0 Å². The number of hydrogen-bond acceptors (Lipinski definition) is 4.